The third-order valence-electron chi connectivity index (χ3n) is 5.34. The molecule has 4 aromatic rings. The molecule has 7 heteroatoms. The van der Waals surface area contributed by atoms with Crippen LogP contribution in [0.4, 0.5) is 4.39 Å². The highest BCUT2D eigenvalue weighted by molar-refractivity contribution is 5.98. The van der Waals surface area contributed by atoms with Gasteiger partial charge < -0.3 is 19.7 Å². The summed E-state index contributed by atoms with van der Waals surface area (Å²) in [5.74, 6) is -2.05. The molecule has 3 aromatic carbocycles. The second-order valence-electron chi connectivity index (χ2n) is 7.20. The summed E-state index contributed by atoms with van der Waals surface area (Å²) in [6.07, 6.45) is 0. The molecule has 31 heavy (non-hydrogen) atoms. The Kier molecular flexibility index (Phi) is 5.68. The minimum Gasteiger partial charge on any atom is -0.477 e. The van der Waals surface area contributed by atoms with Gasteiger partial charge in [0.25, 0.3) is 0 Å². The predicted octanol–water partition coefficient (Wildman–Crippen LogP) is 3.94. The van der Waals surface area contributed by atoms with Crippen LogP contribution in [0.3, 0.4) is 0 Å². The van der Waals surface area contributed by atoms with E-state index in [0.717, 1.165) is 16.3 Å². The molecule has 4 rings (SSSR count). The molecule has 0 amide bonds. The number of rotatable bonds is 7. The first-order chi connectivity index (χ1) is 15.0. The maximum absolute atomic E-state index is 14.0. The Balaban J connectivity index is 1.85. The number of carboxylic acids is 1. The van der Waals surface area contributed by atoms with Crippen molar-refractivity contribution in [1.29, 1.82) is 0 Å². The van der Waals surface area contributed by atoms with Crippen LogP contribution < -0.4 is 5.32 Å². The summed E-state index contributed by atoms with van der Waals surface area (Å²) in [5.41, 5.74) is 2.05. The molecule has 0 unspecified atom stereocenters. The minimum absolute atomic E-state index is 0.0610. The number of hydrogen-bond donors (Lipinski definition) is 2. The van der Waals surface area contributed by atoms with Gasteiger partial charge in [-0.05, 0) is 34.5 Å². The molecule has 0 spiro atoms. The van der Waals surface area contributed by atoms with Crippen LogP contribution >= 0.6 is 0 Å². The zero-order chi connectivity index (χ0) is 22.0. The maximum atomic E-state index is 14.0. The molecular formula is C24H21FN2O4. The molecule has 1 heterocycles. The normalized spacial score (nSPS) is 11.2. The fraction of sp³-hybridized carbons (Fsp3) is 0.167. The van der Waals surface area contributed by atoms with Gasteiger partial charge in [-0.3, -0.25) is 4.79 Å². The first-order valence-electron chi connectivity index (χ1n) is 9.77. The number of methoxy groups -OCH3 is 1. The summed E-state index contributed by atoms with van der Waals surface area (Å²) < 4.78 is 20.4. The Labute approximate surface area is 177 Å². The van der Waals surface area contributed by atoms with Gasteiger partial charge in [-0.15, -0.1) is 0 Å². The van der Waals surface area contributed by atoms with Crippen LogP contribution in [-0.2, 0) is 22.6 Å². The molecule has 1 aromatic heterocycles. The molecule has 6 nitrogen and oxygen atoms in total. The largest absolute Gasteiger partial charge is 0.477 e. The number of esters is 1. The SMILES string of the molecule is COC(=O)CNCc1c(C(=O)O)n(Cc2cccc3ccccc23)c2ccc(F)cc12. The highest BCUT2D eigenvalue weighted by Crippen LogP contribution is 2.30. The first kappa shape index (κ1) is 20.6. The van der Waals surface area contributed by atoms with Gasteiger partial charge >= 0.3 is 11.9 Å². The van der Waals surface area contributed by atoms with Gasteiger partial charge in [-0.25, -0.2) is 9.18 Å². The minimum atomic E-state index is -1.12. The van der Waals surface area contributed by atoms with Gasteiger partial charge in [0.2, 0.25) is 0 Å². The van der Waals surface area contributed by atoms with E-state index < -0.39 is 17.8 Å². The number of nitrogens with zero attached hydrogens (tertiary/aromatic N) is 1. The van der Waals surface area contributed by atoms with Gasteiger partial charge in [0.05, 0.1) is 13.7 Å². The van der Waals surface area contributed by atoms with Crippen molar-refractivity contribution in [2.75, 3.05) is 13.7 Å². The average molecular weight is 420 g/mol. The zero-order valence-corrected chi connectivity index (χ0v) is 16.9. The van der Waals surface area contributed by atoms with Crippen molar-refractivity contribution in [3.05, 3.63) is 83.3 Å². The van der Waals surface area contributed by atoms with Crippen LogP contribution in [0.1, 0.15) is 21.6 Å². The molecule has 0 bridgehead atoms. The van der Waals surface area contributed by atoms with E-state index in [0.29, 0.717) is 23.0 Å². The Morgan fingerprint density at radius 3 is 2.61 bits per heavy atom. The monoisotopic (exact) mass is 420 g/mol. The van der Waals surface area contributed by atoms with Gasteiger partial charge in [0.1, 0.15) is 11.5 Å². The first-order valence-corrected chi connectivity index (χ1v) is 9.77. The molecule has 0 saturated heterocycles. The second-order valence-corrected chi connectivity index (χ2v) is 7.20. The quantitative estimate of drug-likeness (QED) is 0.443. The highest BCUT2D eigenvalue weighted by Gasteiger charge is 2.23. The second kappa shape index (κ2) is 8.57. The number of nitrogens with one attached hydrogen (secondary N) is 1. The number of carboxylic acid groups (broad SMARTS) is 1. The van der Waals surface area contributed by atoms with E-state index in [1.165, 1.54) is 19.2 Å². The maximum Gasteiger partial charge on any atom is 0.352 e. The van der Waals surface area contributed by atoms with E-state index in [9.17, 15) is 19.1 Å². The molecule has 158 valence electrons. The van der Waals surface area contributed by atoms with Gasteiger partial charge in [-0.1, -0.05) is 42.5 Å². The number of aromatic carboxylic acids is 1. The number of benzene rings is 3. The Bertz CT molecular complexity index is 1290. The Hall–Kier alpha value is -3.71. The van der Waals surface area contributed by atoms with E-state index >= 15 is 0 Å². The summed E-state index contributed by atoms with van der Waals surface area (Å²) in [4.78, 5) is 23.7. The zero-order valence-electron chi connectivity index (χ0n) is 16.9. The third kappa shape index (κ3) is 4.00. The predicted molar refractivity (Wildman–Crippen MR) is 116 cm³/mol. The van der Waals surface area contributed by atoms with E-state index in [1.807, 2.05) is 42.5 Å². The fourth-order valence-electron chi connectivity index (χ4n) is 3.95. The van der Waals surface area contributed by atoms with Crippen LogP contribution in [0, 0.1) is 5.82 Å². The van der Waals surface area contributed by atoms with Crippen LogP contribution in [-0.4, -0.2) is 35.3 Å². The number of halogens is 1. The fourth-order valence-corrected chi connectivity index (χ4v) is 3.95. The molecule has 0 radical (unpaired) electrons. The van der Waals surface area contributed by atoms with E-state index in [1.54, 1.807) is 10.6 Å². The van der Waals surface area contributed by atoms with E-state index in [2.05, 4.69) is 10.1 Å². The van der Waals surface area contributed by atoms with Crippen molar-refractivity contribution >= 4 is 33.6 Å². The lowest BCUT2D eigenvalue weighted by Gasteiger charge is -2.12. The van der Waals surface area contributed by atoms with Crippen LogP contribution in [0.5, 0.6) is 0 Å². The number of carbonyl (C=O) groups excluding carboxylic acids is 1. The topological polar surface area (TPSA) is 80.6 Å². The average Bonchev–Trinajstić information content (AvgIpc) is 3.06. The molecular weight excluding hydrogens is 399 g/mol. The van der Waals surface area contributed by atoms with Crippen molar-refractivity contribution in [3.63, 3.8) is 0 Å². The third-order valence-corrected chi connectivity index (χ3v) is 5.34. The molecule has 0 aliphatic carbocycles. The molecule has 0 aliphatic heterocycles. The van der Waals surface area contributed by atoms with Crippen molar-refractivity contribution in [2.45, 2.75) is 13.1 Å². The smallest absolute Gasteiger partial charge is 0.352 e. The number of fused-ring (bicyclic) bond motifs is 2. The van der Waals surface area contributed by atoms with Crippen LogP contribution in [0.25, 0.3) is 21.7 Å². The molecule has 0 atom stereocenters. The number of carbonyl (C=O) groups is 2. The number of aromatic nitrogens is 1. The number of hydrogen-bond acceptors (Lipinski definition) is 4. The molecule has 0 aliphatic rings. The van der Waals surface area contributed by atoms with Crippen LogP contribution in [0.15, 0.2) is 60.7 Å². The van der Waals surface area contributed by atoms with Crippen molar-refractivity contribution in [1.82, 2.24) is 9.88 Å². The summed E-state index contributed by atoms with van der Waals surface area (Å²) in [6.45, 7) is 0.308. The van der Waals surface area contributed by atoms with Crippen LogP contribution in [0.2, 0.25) is 0 Å². The lowest BCUT2D eigenvalue weighted by Crippen LogP contribution is -2.24. The van der Waals surface area contributed by atoms with Gasteiger partial charge in [-0.2, -0.15) is 0 Å². The summed E-state index contributed by atoms with van der Waals surface area (Å²) >= 11 is 0. The summed E-state index contributed by atoms with van der Waals surface area (Å²) in [7, 11) is 1.28. The molecule has 0 fully saturated rings. The Morgan fingerprint density at radius 1 is 1.06 bits per heavy atom. The lowest BCUT2D eigenvalue weighted by atomic mass is 10.0. The standard InChI is InChI=1S/C24H21FN2O4/c1-31-22(28)13-26-12-20-19-11-17(25)9-10-21(19)27(23(20)24(29)30)14-16-7-4-6-15-5-2-3-8-18(15)16/h2-11,26H,12-14H2,1H3,(H,29,30). The van der Waals surface area contributed by atoms with Gasteiger partial charge in [0, 0.05) is 29.6 Å². The molecule has 2 N–H and O–H groups in total. The highest BCUT2D eigenvalue weighted by atomic mass is 19.1. The van der Waals surface area contributed by atoms with Crippen molar-refractivity contribution < 1.29 is 23.8 Å². The van der Waals surface area contributed by atoms with Gasteiger partial charge in [0.15, 0.2) is 0 Å². The van der Waals surface area contributed by atoms with Crippen molar-refractivity contribution in [3.8, 4) is 0 Å². The summed E-state index contributed by atoms with van der Waals surface area (Å²) in [6, 6.07) is 18.0. The summed E-state index contributed by atoms with van der Waals surface area (Å²) in [5, 5.41) is 15.5. The van der Waals surface area contributed by atoms with E-state index in [4.69, 9.17) is 0 Å². The lowest BCUT2D eigenvalue weighted by molar-refractivity contribution is -0.139. The number of ether oxygens (including phenoxy) is 1. The molecule has 0 saturated carbocycles. The Morgan fingerprint density at radius 2 is 1.84 bits per heavy atom. The van der Waals surface area contributed by atoms with E-state index in [-0.39, 0.29) is 18.8 Å². The van der Waals surface area contributed by atoms with Crippen molar-refractivity contribution in [2.24, 2.45) is 0 Å².